The quantitative estimate of drug-likeness (QED) is 0.245. The van der Waals surface area contributed by atoms with Crippen LogP contribution in [0.25, 0.3) is 11.0 Å². The minimum Gasteiger partial charge on any atom is -0.464 e. The summed E-state index contributed by atoms with van der Waals surface area (Å²) in [5.74, 6) is -0.935. The normalized spacial score (nSPS) is 15.3. The highest BCUT2D eigenvalue weighted by Crippen LogP contribution is 2.27. The van der Waals surface area contributed by atoms with Gasteiger partial charge >= 0.3 is 0 Å². The molecule has 1 atom stereocenters. The van der Waals surface area contributed by atoms with Crippen molar-refractivity contribution < 1.29 is 26.8 Å². The zero-order valence-electron chi connectivity index (χ0n) is 24.5. The monoisotopic (exact) mass is 606 g/mol. The first-order chi connectivity index (χ1) is 20.5. The van der Waals surface area contributed by atoms with Gasteiger partial charge < -0.3 is 14.1 Å². The maximum Gasteiger partial charge on any atom is 0.244 e. The van der Waals surface area contributed by atoms with Crippen molar-refractivity contribution in [3.63, 3.8) is 0 Å². The van der Waals surface area contributed by atoms with Crippen LogP contribution in [0.1, 0.15) is 40.7 Å². The van der Waals surface area contributed by atoms with Crippen LogP contribution in [0.4, 0.5) is 4.39 Å². The summed E-state index contributed by atoms with van der Waals surface area (Å²) in [6.45, 7) is 5.39. The first-order valence-electron chi connectivity index (χ1n) is 14.2. The highest BCUT2D eigenvalue weighted by molar-refractivity contribution is 7.89. The minimum atomic E-state index is -4.11. The van der Waals surface area contributed by atoms with E-state index in [2.05, 4.69) is 0 Å². The number of benzene rings is 3. The Kier molecular flexibility index (Phi) is 9.10. The molecule has 2 heterocycles. The second-order valence-corrected chi connectivity index (χ2v) is 13.0. The van der Waals surface area contributed by atoms with Gasteiger partial charge in [0.15, 0.2) is 5.43 Å². The number of halogens is 1. The zero-order chi connectivity index (χ0) is 30.7. The van der Waals surface area contributed by atoms with Crippen LogP contribution in [0.5, 0.6) is 0 Å². The molecule has 0 saturated carbocycles. The lowest BCUT2D eigenvalue weighted by atomic mass is 10.1. The molecule has 8 nitrogen and oxygen atoms in total. The topological polar surface area (TPSA) is 97.1 Å². The average molecular weight is 607 g/mol. The van der Waals surface area contributed by atoms with Crippen LogP contribution in [-0.4, -0.2) is 49.3 Å². The SMILES string of the molecule is Cc1cc(C)c(S(=O)(=O)N(CC(=O)N(Cc2ccc(F)cc2)Cc2coc3ccccc3c2=O)C[C@H]2CCCO2)c(C)c1. The Morgan fingerprint density at radius 2 is 1.70 bits per heavy atom. The molecule has 1 fully saturated rings. The van der Waals surface area contributed by atoms with Gasteiger partial charge in [-0.2, -0.15) is 4.31 Å². The first-order valence-corrected chi connectivity index (χ1v) is 15.7. The summed E-state index contributed by atoms with van der Waals surface area (Å²) in [6.07, 6.45) is 2.48. The molecule has 1 amide bonds. The number of sulfonamides is 1. The van der Waals surface area contributed by atoms with Gasteiger partial charge in [0.2, 0.25) is 15.9 Å². The van der Waals surface area contributed by atoms with E-state index < -0.39 is 28.3 Å². The van der Waals surface area contributed by atoms with Gasteiger partial charge in [0.05, 0.1) is 41.3 Å². The Labute approximate surface area is 250 Å². The number of amides is 1. The minimum absolute atomic E-state index is 0.0172. The van der Waals surface area contributed by atoms with Crippen molar-refractivity contribution in [1.82, 2.24) is 9.21 Å². The predicted octanol–water partition coefficient (Wildman–Crippen LogP) is 5.26. The van der Waals surface area contributed by atoms with Gasteiger partial charge in [0, 0.05) is 19.7 Å². The standard InChI is InChI=1S/C33H35FN2O6S/c1-22-15-23(2)33(24(3)16-22)43(39,40)36(19-28-7-6-14-41-28)20-31(37)35(17-25-10-12-27(34)13-11-25)18-26-21-42-30-9-5-4-8-29(30)32(26)38/h4-5,8-13,15-16,21,28H,6-7,14,17-20H2,1-3H3/t28-/m1/s1. The number of hydrogen-bond acceptors (Lipinski definition) is 6. The molecule has 1 aliphatic rings. The highest BCUT2D eigenvalue weighted by atomic mass is 32.2. The van der Waals surface area contributed by atoms with Crippen LogP contribution in [-0.2, 0) is 32.6 Å². The lowest BCUT2D eigenvalue weighted by molar-refractivity contribution is -0.132. The Bertz CT molecular complexity index is 1770. The van der Waals surface area contributed by atoms with E-state index in [1.54, 1.807) is 50.2 Å². The lowest BCUT2D eigenvalue weighted by Crippen LogP contribution is -2.45. The number of para-hydroxylation sites is 1. The highest BCUT2D eigenvalue weighted by Gasteiger charge is 2.34. The smallest absolute Gasteiger partial charge is 0.244 e. The summed E-state index contributed by atoms with van der Waals surface area (Å²) in [7, 11) is -4.11. The molecule has 43 heavy (non-hydrogen) atoms. The van der Waals surface area contributed by atoms with Crippen molar-refractivity contribution in [2.75, 3.05) is 19.7 Å². The summed E-state index contributed by atoms with van der Waals surface area (Å²) >= 11 is 0. The molecule has 0 spiro atoms. The fraction of sp³-hybridized carbons (Fsp3) is 0.333. The van der Waals surface area contributed by atoms with Crippen LogP contribution in [0, 0.1) is 26.6 Å². The van der Waals surface area contributed by atoms with E-state index in [4.69, 9.17) is 9.15 Å². The predicted molar refractivity (Wildman–Crippen MR) is 162 cm³/mol. The van der Waals surface area contributed by atoms with Gasteiger partial charge in [0.25, 0.3) is 0 Å². The molecule has 0 unspecified atom stereocenters. The van der Waals surface area contributed by atoms with Crippen LogP contribution in [0.15, 0.2) is 81.0 Å². The van der Waals surface area contributed by atoms with Gasteiger partial charge in [-0.1, -0.05) is 42.0 Å². The van der Waals surface area contributed by atoms with Gasteiger partial charge in [-0.05, 0) is 74.6 Å². The fourth-order valence-corrected chi connectivity index (χ4v) is 7.52. The van der Waals surface area contributed by atoms with Gasteiger partial charge in [0.1, 0.15) is 11.4 Å². The van der Waals surface area contributed by atoms with E-state index in [-0.39, 0.29) is 41.6 Å². The molecule has 0 aliphatic carbocycles. The third-order valence-electron chi connectivity index (χ3n) is 7.70. The molecular weight excluding hydrogens is 571 g/mol. The van der Waals surface area contributed by atoms with Gasteiger partial charge in [-0.15, -0.1) is 0 Å². The van der Waals surface area contributed by atoms with E-state index >= 15 is 0 Å². The molecular formula is C33H35FN2O6S. The summed E-state index contributed by atoms with van der Waals surface area (Å²) in [5, 5.41) is 0.377. The van der Waals surface area contributed by atoms with Gasteiger partial charge in [-0.3, -0.25) is 9.59 Å². The number of aryl methyl sites for hydroxylation is 3. The number of nitrogens with zero attached hydrogens (tertiary/aromatic N) is 2. The third kappa shape index (κ3) is 6.87. The Hall–Kier alpha value is -3.86. The second kappa shape index (κ2) is 12.8. The molecule has 5 rings (SSSR count). The molecule has 1 aromatic heterocycles. The summed E-state index contributed by atoms with van der Waals surface area (Å²) in [5.41, 5.74) is 3.14. The molecule has 0 N–H and O–H groups in total. The molecule has 0 radical (unpaired) electrons. The lowest BCUT2D eigenvalue weighted by Gasteiger charge is -2.29. The second-order valence-electron chi connectivity index (χ2n) is 11.1. The van der Waals surface area contributed by atoms with E-state index in [9.17, 15) is 22.4 Å². The molecule has 10 heteroatoms. The van der Waals surface area contributed by atoms with Crippen LogP contribution < -0.4 is 5.43 Å². The zero-order valence-corrected chi connectivity index (χ0v) is 25.3. The Morgan fingerprint density at radius 3 is 2.37 bits per heavy atom. The molecule has 226 valence electrons. The number of hydrogen-bond donors (Lipinski definition) is 0. The van der Waals surface area contributed by atoms with Crippen molar-refractivity contribution in [2.45, 2.75) is 57.7 Å². The van der Waals surface area contributed by atoms with E-state index in [1.807, 2.05) is 19.1 Å². The van der Waals surface area contributed by atoms with Crippen LogP contribution in [0.2, 0.25) is 0 Å². The fourth-order valence-electron chi connectivity index (χ4n) is 5.69. The summed E-state index contributed by atoms with van der Waals surface area (Å²) < 4.78 is 54.7. The average Bonchev–Trinajstić information content (AvgIpc) is 3.47. The summed E-state index contributed by atoms with van der Waals surface area (Å²) in [4.78, 5) is 28.9. The molecule has 1 aliphatic heterocycles. The van der Waals surface area contributed by atoms with Crippen molar-refractivity contribution >= 4 is 26.9 Å². The Morgan fingerprint density at radius 1 is 1.00 bits per heavy atom. The number of carbonyl (C=O) groups is 1. The van der Waals surface area contributed by atoms with Crippen molar-refractivity contribution in [3.8, 4) is 0 Å². The van der Waals surface area contributed by atoms with E-state index in [0.717, 1.165) is 12.0 Å². The van der Waals surface area contributed by atoms with Crippen LogP contribution >= 0.6 is 0 Å². The number of ether oxygens (including phenoxy) is 1. The number of fused-ring (bicyclic) bond motifs is 1. The number of carbonyl (C=O) groups excluding carboxylic acids is 1. The van der Waals surface area contributed by atoms with Crippen molar-refractivity contribution in [3.05, 3.63) is 111 Å². The first kappa shape index (κ1) is 30.6. The maximum atomic E-state index is 14.2. The van der Waals surface area contributed by atoms with E-state index in [1.165, 1.54) is 27.6 Å². The third-order valence-corrected chi connectivity index (χ3v) is 9.82. The van der Waals surface area contributed by atoms with Gasteiger partial charge in [-0.25, -0.2) is 12.8 Å². The van der Waals surface area contributed by atoms with Crippen molar-refractivity contribution in [1.29, 1.82) is 0 Å². The van der Waals surface area contributed by atoms with E-state index in [0.29, 0.717) is 40.7 Å². The largest absolute Gasteiger partial charge is 0.464 e. The molecule has 3 aromatic carbocycles. The Balaban J connectivity index is 1.51. The summed E-state index contributed by atoms with van der Waals surface area (Å²) in [6, 6.07) is 16.1. The van der Waals surface area contributed by atoms with Crippen LogP contribution in [0.3, 0.4) is 0 Å². The molecule has 1 saturated heterocycles. The molecule has 0 bridgehead atoms. The molecule has 4 aromatic rings. The van der Waals surface area contributed by atoms with Crippen molar-refractivity contribution in [2.24, 2.45) is 0 Å². The number of rotatable bonds is 10. The maximum absolute atomic E-state index is 14.2.